The summed E-state index contributed by atoms with van der Waals surface area (Å²) in [5, 5.41) is 4.11. The minimum atomic E-state index is 0.114. The molecule has 0 amide bonds. The van der Waals surface area contributed by atoms with Crippen molar-refractivity contribution in [2.24, 2.45) is 5.73 Å². The third-order valence-electron chi connectivity index (χ3n) is 1.86. The number of rotatable bonds is 4. The van der Waals surface area contributed by atoms with Crippen LogP contribution in [0.3, 0.4) is 0 Å². The highest BCUT2D eigenvalue weighted by Gasteiger charge is 2.04. The Hall–Kier alpha value is -0.510. The second kappa shape index (κ2) is 5.39. The molecule has 1 aromatic heterocycles. The topological polar surface area (TPSA) is 50.9 Å². The molecule has 3 N–H and O–H groups in total. The molecule has 0 saturated heterocycles. The van der Waals surface area contributed by atoms with Crippen LogP contribution in [0.1, 0.15) is 13.3 Å². The normalized spacial score (nSPS) is 12.6. The average Bonchev–Trinajstić information content (AvgIpc) is 2.16. The van der Waals surface area contributed by atoms with E-state index in [9.17, 15) is 0 Å². The van der Waals surface area contributed by atoms with Crippen LogP contribution in [-0.2, 0) is 0 Å². The Balaban J connectivity index is 2.59. The maximum Gasteiger partial charge on any atom is 0.144 e. The van der Waals surface area contributed by atoms with Gasteiger partial charge in [-0.1, -0.05) is 30.1 Å². The van der Waals surface area contributed by atoms with Crippen LogP contribution < -0.4 is 11.1 Å². The molecule has 1 atom stereocenters. The van der Waals surface area contributed by atoms with E-state index < -0.39 is 0 Å². The van der Waals surface area contributed by atoms with E-state index in [2.05, 4.69) is 10.3 Å². The Morgan fingerprint density at radius 2 is 2.29 bits per heavy atom. The summed E-state index contributed by atoms with van der Waals surface area (Å²) in [7, 11) is 0. The molecule has 78 valence electrons. The number of pyridine rings is 1. The van der Waals surface area contributed by atoms with Crippen molar-refractivity contribution in [2.75, 3.05) is 11.9 Å². The van der Waals surface area contributed by atoms with Crippen LogP contribution in [0.4, 0.5) is 5.82 Å². The van der Waals surface area contributed by atoms with Gasteiger partial charge in [0.05, 0.1) is 10.0 Å². The second-order valence-corrected chi connectivity index (χ2v) is 3.88. The largest absolute Gasteiger partial charge is 0.367 e. The van der Waals surface area contributed by atoms with Gasteiger partial charge in [0, 0.05) is 18.8 Å². The van der Waals surface area contributed by atoms with Gasteiger partial charge in [0.2, 0.25) is 0 Å². The summed E-state index contributed by atoms with van der Waals surface area (Å²) in [5.41, 5.74) is 5.74. The van der Waals surface area contributed by atoms with E-state index in [1.807, 2.05) is 6.92 Å². The number of nitrogens with two attached hydrogens (primary N) is 1. The first-order chi connectivity index (χ1) is 6.63. The van der Waals surface area contributed by atoms with E-state index in [1.54, 1.807) is 12.3 Å². The minimum absolute atomic E-state index is 0.114. The predicted molar refractivity (Wildman–Crippen MR) is 61.0 cm³/mol. The lowest BCUT2D eigenvalue weighted by Gasteiger charge is -2.11. The van der Waals surface area contributed by atoms with Crippen LogP contribution >= 0.6 is 23.2 Å². The molecule has 0 spiro atoms. The zero-order valence-corrected chi connectivity index (χ0v) is 9.44. The van der Waals surface area contributed by atoms with Crippen molar-refractivity contribution >= 4 is 29.0 Å². The lowest BCUT2D eigenvalue weighted by Crippen LogP contribution is -2.28. The molecule has 0 fully saturated rings. The third kappa shape index (κ3) is 3.33. The summed E-state index contributed by atoms with van der Waals surface area (Å²) in [6.45, 7) is 2.69. The van der Waals surface area contributed by atoms with Crippen molar-refractivity contribution in [3.8, 4) is 0 Å². The lowest BCUT2D eigenvalue weighted by atomic mass is 10.2. The highest BCUT2D eigenvalue weighted by Crippen LogP contribution is 2.22. The first-order valence-electron chi connectivity index (χ1n) is 4.44. The fraction of sp³-hybridized carbons (Fsp3) is 0.444. The van der Waals surface area contributed by atoms with Gasteiger partial charge in [-0.2, -0.15) is 0 Å². The second-order valence-electron chi connectivity index (χ2n) is 3.03. The van der Waals surface area contributed by atoms with Gasteiger partial charge in [0.1, 0.15) is 5.82 Å². The summed E-state index contributed by atoms with van der Waals surface area (Å²) < 4.78 is 0. The molecule has 1 heterocycles. The summed E-state index contributed by atoms with van der Waals surface area (Å²) in [5.74, 6) is 0.625. The highest BCUT2D eigenvalue weighted by molar-refractivity contribution is 6.35. The number of hydrogen-bond acceptors (Lipinski definition) is 3. The maximum atomic E-state index is 5.91. The summed E-state index contributed by atoms with van der Waals surface area (Å²) in [6.07, 6.45) is 2.46. The first-order valence-corrected chi connectivity index (χ1v) is 5.19. The molecule has 3 nitrogen and oxygen atoms in total. The molecule has 1 aromatic rings. The van der Waals surface area contributed by atoms with Gasteiger partial charge in [-0.3, -0.25) is 0 Å². The molecular weight excluding hydrogens is 221 g/mol. The van der Waals surface area contributed by atoms with Crippen molar-refractivity contribution in [2.45, 2.75) is 19.4 Å². The van der Waals surface area contributed by atoms with E-state index in [0.29, 0.717) is 22.4 Å². The number of nitrogens with one attached hydrogen (secondary N) is 1. The molecule has 1 rings (SSSR count). The van der Waals surface area contributed by atoms with Gasteiger partial charge in [0.25, 0.3) is 0 Å². The number of hydrogen-bond donors (Lipinski definition) is 2. The van der Waals surface area contributed by atoms with Gasteiger partial charge >= 0.3 is 0 Å². The predicted octanol–water partition coefficient (Wildman–Crippen LogP) is 2.54. The first kappa shape index (κ1) is 11.6. The molecule has 5 heteroatoms. The molecule has 0 aliphatic heterocycles. The summed E-state index contributed by atoms with van der Waals surface area (Å²) in [6, 6.07) is 1.76. The van der Waals surface area contributed by atoms with E-state index >= 15 is 0 Å². The van der Waals surface area contributed by atoms with Gasteiger partial charge in [-0.15, -0.1) is 0 Å². The third-order valence-corrected chi connectivity index (χ3v) is 2.36. The Morgan fingerprint density at radius 3 is 2.86 bits per heavy atom. The minimum Gasteiger partial charge on any atom is -0.367 e. The smallest absolute Gasteiger partial charge is 0.144 e. The number of halogens is 2. The zero-order valence-electron chi connectivity index (χ0n) is 7.93. The van der Waals surface area contributed by atoms with Crippen LogP contribution in [0.5, 0.6) is 0 Å². The van der Waals surface area contributed by atoms with Crippen molar-refractivity contribution < 1.29 is 0 Å². The van der Waals surface area contributed by atoms with Crippen molar-refractivity contribution in [1.29, 1.82) is 0 Å². The van der Waals surface area contributed by atoms with Crippen LogP contribution in [-0.4, -0.2) is 17.6 Å². The monoisotopic (exact) mass is 233 g/mol. The van der Waals surface area contributed by atoms with Crippen LogP contribution in [0, 0.1) is 0 Å². The van der Waals surface area contributed by atoms with Gasteiger partial charge in [-0.25, -0.2) is 4.98 Å². The van der Waals surface area contributed by atoms with Gasteiger partial charge < -0.3 is 11.1 Å². The Morgan fingerprint density at radius 1 is 1.57 bits per heavy atom. The highest BCUT2D eigenvalue weighted by atomic mass is 35.5. The van der Waals surface area contributed by atoms with E-state index in [1.165, 1.54) is 0 Å². The van der Waals surface area contributed by atoms with Crippen LogP contribution in [0.25, 0.3) is 0 Å². The molecular formula is C9H13Cl2N3. The van der Waals surface area contributed by atoms with E-state index in [-0.39, 0.29) is 6.04 Å². The van der Waals surface area contributed by atoms with Gasteiger partial charge in [0.15, 0.2) is 0 Å². The fourth-order valence-corrected chi connectivity index (χ4v) is 1.36. The van der Waals surface area contributed by atoms with Crippen LogP contribution in [0.15, 0.2) is 12.3 Å². The maximum absolute atomic E-state index is 5.91. The Bertz CT molecular complexity index is 304. The molecule has 14 heavy (non-hydrogen) atoms. The van der Waals surface area contributed by atoms with Crippen molar-refractivity contribution in [3.05, 3.63) is 22.3 Å². The molecule has 0 aromatic carbocycles. The fourth-order valence-electron chi connectivity index (χ4n) is 0.917. The molecule has 0 bridgehead atoms. The van der Waals surface area contributed by atoms with Crippen LogP contribution in [0.2, 0.25) is 10.0 Å². The van der Waals surface area contributed by atoms with E-state index in [4.69, 9.17) is 28.9 Å². The average molecular weight is 234 g/mol. The van der Waals surface area contributed by atoms with Crippen molar-refractivity contribution in [1.82, 2.24) is 4.98 Å². The zero-order chi connectivity index (χ0) is 10.6. The quantitative estimate of drug-likeness (QED) is 0.841. The number of anilines is 1. The number of aromatic nitrogens is 1. The molecule has 0 aliphatic carbocycles. The van der Waals surface area contributed by atoms with E-state index in [0.717, 1.165) is 6.42 Å². The SMILES string of the molecule is CCC(N)CNc1ncc(Cl)cc1Cl. The summed E-state index contributed by atoms with van der Waals surface area (Å²) in [4.78, 5) is 4.05. The Kier molecular flexibility index (Phi) is 4.45. The molecule has 1 unspecified atom stereocenters. The molecule has 0 saturated carbocycles. The standard InChI is InChI=1S/C9H13Cl2N3/c1-2-7(12)5-14-9-8(11)3-6(10)4-13-9/h3-4,7H,2,5,12H2,1H3,(H,13,14). The molecule has 0 aliphatic rings. The Labute approximate surface area is 93.6 Å². The van der Waals surface area contributed by atoms with Crippen molar-refractivity contribution in [3.63, 3.8) is 0 Å². The van der Waals surface area contributed by atoms with Gasteiger partial charge in [-0.05, 0) is 12.5 Å². The summed E-state index contributed by atoms with van der Waals surface area (Å²) >= 11 is 11.6. The lowest BCUT2D eigenvalue weighted by molar-refractivity contribution is 0.678. The molecule has 0 radical (unpaired) electrons. The number of nitrogens with zero attached hydrogens (tertiary/aromatic N) is 1.